The molecule has 0 fully saturated rings. The van der Waals surface area contributed by atoms with Gasteiger partial charge in [-0.15, -0.1) is 11.3 Å². The van der Waals surface area contributed by atoms with E-state index in [0.29, 0.717) is 5.95 Å². The molecule has 0 radical (unpaired) electrons. The van der Waals surface area contributed by atoms with E-state index in [9.17, 15) is 5.11 Å². The van der Waals surface area contributed by atoms with Crippen LogP contribution in [-0.4, -0.2) is 26.4 Å². The molecule has 98 valence electrons. The van der Waals surface area contributed by atoms with Gasteiger partial charge in [0.25, 0.3) is 0 Å². The number of nitrogens with two attached hydrogens (primary N) is 1. The molecule has 4 nitrogen and oxygen atoms in total. The summed E-state index contributed by atoms with van der Waals surface area (Å²) in [5.41, 5.74) is 5.74. The zero-order valence-corrected chi connectivity index (χ0v) is 12.3. The Morgan fingerprint density at radius 1 is 1.44 bits per heavy atom. The summed E-state index contributed by atoms with van der Waals surface area (Å²) in [6, 6.07) is 2.12. The van der Waals surface area contributed by atoms with Gasteiger partial charge in [-0.3, -0.25) is 0 Å². The van der Waals surface area contributed by atoms with Crippen LogP contribution in [0, 0.1) is 0 Å². The molecule has 0 aliphatic rings. The van der Waals surface area contributed by atoms with Crippen LogP contribution in [0.4, 0.5) is 5.95 Å². The molecule has 0 saturated heterocycles. The minimum Gasteiger partial charge on any atom is -0.392 e. The number of nitrogens with zero attached hydrogens (tertiary/aromatic N) is 2. The minimum absolute atomic E-state index is 0.0764. The number of aryl methyl sites for hydroxylation is 1. The van der Waals surface area contributed by atoms with Crippen LogP contribution in [0.5, 0.6) is 0 Å². The van der Waals surface area contributed by atoms with Crippen LogP contribution in [0.2, 0.25) is 0 Å². The Morgan fingerprint density at radius 2 is 2.17 bits per heavy atom. The topological polar surface area (TPSA) is 72.0 Å². The van der Waals surface area contributed by atoms with Crippen molar-refractivity contribution in [3.8, 4) is 0 Å². The van der Waals surface area contributed by atoms with Crippen LogP contribution in [0.15, 0.2) is 11.1 Å². The van der Waals surface area contributed by atoms with Crippen molar-refractivity contribution in [1.29, 1.82) is 0 Å². The van der Waals surface area contributed by atoms with E-state index in [-0.39, 0.29) is 11.4 Å². The van der Waals surface area contributed by atoms with E-state index in [4.69, 9.17) is 5.73 Å². The second kappa shape index (κ2) is 5.42. The third kappa shape index (κ3) is 2.76. The lowest BCUT2D eigenvalue weighted by molar-refractivity contribution is 0.196. The van der Waals surface area contributed by atoms with Gasteiger partial charge in [0.2, 0.25) is 5.95 Å². The molecule has 0 bridgehead atoms. The number of hydrogen-bond donors (Lipinski definition) is 2. The van der Waals surface area contributed by atoms with Crippen molar-refractivity contribution in [3.63, 3.8) is 0 Å². The number of aromatic nitrogens is 2. The van der Waals surface area contributed by atoms with Gasteiger partial charge in [0, 0.05) is 15.5 Å². The summed E-state index contributed by atoms with van der Waals surface area (Å²) in [6.07, 6.45) is 0.599. The summed E-state index contributed by atoms with van der Waals surface area (Å²) in [7, 11) is 0. The maximum atomic E-state index is 9.58. The molecule has 0 aromatic carbocycles. The highest BCUT2D eigenvalue weighted by Gasteiger charge is 2.16. The monoisotopic (exact) mass is 283 g/mol. The van der Waals surface area contributed by atoms with Crippen molar-refractivity contribution >= 4 is 39.3 Å². The lowest BCUT2D eigenvalue weighted by atomic mass is 10.3. The number of fused-ring (bicyclic) bond motifs is 1. The summed E-state index contributed by atoms with van der Waals surface area (Å²) in [5, 5.41) is 11.6. The normalized spacial score (nSPS) is 14.9. The number of hydrogen-bond acceptors (Lipinski definition) is 6. The van der Waals surface area contributed by atoms with E-state index in [0.717, 1.165) is 21.7 Å². The van der Waals surface area contributed by atoms with Crippen molar-refractivity contribution in [1.82, 2.24) is 9.97 Å². The van der Waals surface area contributed by atoms with Gasteiger partial charge in [-0.25, -0.2) is 9.97 Å². The molecular formula is C12H17N3OS2. The third-order valence-electron chi connectivity index (χ3n) is 2.75. The maximum absolute atomic E-state index is 9.58. The van der Waals surface area contributed by atoms with Crippen molar-refractivity contribution in [3.05, 3.63) is 10.9 Å². The van der Waals surface area contributed by atoms with E-state index in [1.165, 1.54) is 4.88 Å². The first-order valence-corrected chi connectivity index (χ1v) is 7.61. The average Bonchev–Trinajstić information content (AvgIpc) is 2.71. The first-order valence-electron chi connectivity index (χ1n) is 5.92. The molecule has 2 rings (SSSR count). The highest BCUT2D eigenvalue weighted by Crippen LogP contribution is 2.34. The predicted molar refractivity (Wildman–Crippen MR) is 78.2 cm³/mol. The van der Waals surface area contributed by atoms with E-state index in [1.54, 1.807) is 30.0 Å². The van der Waals surface area contributed by atoms with Crippen LogP contribution in [-0.2, 0) is 6.42 Å². The number of thioether (sulfide) groups is 1. The summed E-state index contributed by atoms with van der Waals surface area (Å²) >= 11 is 3.20. The highest BCUT2D eigenvalue weighted by molar-refractivity contribution is 8.00. The fraction of sp³-hybridized carbons (Fsp3) is 0.500. The second-order valence-corrected chi connectivity index (χ2v) is 6.72. The lowest BCUT2D eigenvalue weighted by Gasteiger charge is -2.13. The van der Waals surface area contributed by atoms with Gasteiger partial charge in [0.05, 0.1) is 6.10 Å². The molecule has 2 unspecified atom stereocenters. The Labute approximate surface area is 115 Å². The van der Waals surface area contributed by atoms with Crippen molar-refractivity contribution in [2.24, 2.45) is 0 Å². The minimum atomic E-state index is -0.384. The van der Waals surface area contributed by atoms with Crippen LogP contribution in [0.1, 0.15) is 25.6 Å². The summed E-state index contributed by atoms with van der Waals surface area (Å²) < 4.78 is 0. The molecule has 0 spiro atoms. The molecule has 2 aromatic heterocycles. The molecule has 0 aliphatic carbocycles. The molecule has 2 atom stereocenters. The van der Waals surface area contributed by atoms with Gasteiger partial charge >= 0.3 is 0 Å². The largest absolute Gasteiger partial charge is 0.392 e. The highest BCUT2D eigenvalue weighted by atomic mass is 32.2. The molecule has 2 heterocycles. The Bertz CT molecular complexity index is 553. The number of aliphatic hydroxyl groups is 1. The third-order valence-corrected chi connectivity index (χ3v) is 5.22. The predicted octanol–water partition coefficient (Wildman–Crippen LogP) is 2.70. The molecule has 18 heavy (non-hydrogen) atoms. The van der Waals surface area contributed by atoms with Gasteiger partial charge in [0.1, 0.15) is 9.86 Å². The maximum Gasteiger partial charge on any atom is 0.222 e. The Balaban J connectivity index is 2.44. The van der Waals surface area contributed by atoms with Gasteiger partial charge in [0.15, 0.2) is 0 Å². The molecule has 0 saturated carbocycles. The summed E-state index contributed by atoms with van der Waals surface area (Å²) in [4.78, 5) is 10.8. The zero-order chi connectivity index (χ0) is 13.3. The number of nitrogen functional groups attached to an aromatic ring is 1. The number of rotatable bonds is 4. The van der Waals surface area contributed by atoms with Crippen molar-refractivity contribution in [2.75, 3.05) is 5.73 Å². The SMILES string of the molecule is CCc1cc2c(SC(C)C(C)O)nc(N)nc2s1. The average molecular weight is 283 g/mol. The van der Waals surface area contributed by atoms with Crippen molar-refractivity contribution in [2.45, 2.75) is 43.6 Å². The fourth-order valence-electron chi connectivity index (χ4n) is 1.50. The Hall–Kier alpha value is -0.850. The fourth-order valence-corrected chi connectivity index (χ4v) is 3.52. The van der Waals surface area contributed by atoms with Gasteiger partial charge in [-0.1, -0.05) is 25.6 Å². The first kappa shape index (κ1) is 13.6. The van der Waals surface area contributed by atoms with E-state index in [2.05, 4.69) is 23.0 Å². The van der Waals surface area contributed by atoms with Gasteiger partial charge in [-0.2, -0.15) is 0 Å². The van der Waals surface area contributed by atoms with Crippen molar-refractivity contribution < 1.29 is 5.11 Å². The molecule has 0 amide bonds. The molecular weight excluding hydrogens is 266 g/mol. The molecule has 0 aliphatic heterocycles. The first-order chi connectivity index (χ1) is 8.51. The lowest BCUT2D eigenvalue weighted by Crippen LogP contribution is -2.15. The molecule has 2 aromatic rings. The number of aliphatic hydroxyl groups excluding tert-OH is 1. The van der Waals surface area contributed by atoms with Crippen LogP contribution in [0.25, 0.3) is 10.2 Å². The number of thiophene rings is 1. The Kier molecular flexibility index (Phi) is 4.09. The van der Waals surface area contributed by atoms with Crippen LogP contribution >= 0.6 is 23.1 Å². The van der Waals surface area contributed by atoms with Crippen LogP contribution in [0.3, 0.4) is 0 Å². The van der Waals surface area contributed by atoms with Gasteiger partial charge < -0.3 is 10.8 Å². The number of anilines is 1. The quantitative estimate of drug-likeness (QED) is 0.667. The Morgan fingerprint density at radius 3 is 2.78 bits per heavy atom. The standard InChI is InChI=1S/C12H17N3OS2/c1-4-8-5-9-10(17-7(3)6(2)16)14-12(13)15-11(9)18-8/h5-7,16H,4H2,1-3H3,(H2,13,14,15). The zero-order valence-electron chi connectivity index (χ0n) is 10.7. The van der Waals surface area contributed by atoms with Gasteiger partial charge in [-0.05, 0) is 19.4 Å². The molecule has 6 heteroatoms. The smallest absolute Gasteiger partial charge is 0.222 e. The second-order valence-electron chi connectivity index (χ2n) is 4.24. The summed E-state index contributed by atoms with van der Waals surface area (Å²) in [6.45, 7) is 5.88. The van der Waals surface area contributed by atoms with E-state index in [1.807, 2.05) is 6.92 Å². The summed E-state index contributed by atoms with van der Waals surface area (Å²) in [5.74, 6) is 0.298. The molecule has 3 N–H and O–H groups in total. The van der Waals surface area contributed by atoms with Crippen LogP contribution < -0.4 is 5.73 Å². The van der Waals surface area contributed by atoms with E-state index < -0.39 is 0 Å². The van der Waals surface area contributed by atoms with E-state index >= 15 is 0 Å².